The summed E-state index contributed by atoms with van der Waals surface area (Å²) < 4.78 is 5.63. The second-order valence-electron chi connectivity index (χ2n) is 6.29. The number of hydrogen-bond acceptors (Lipinski definition) is 7. The van der Waals surface area contributed by atoms with E-state index in [9.17, 15) is 4.79 Å². The summed E-state index contributed by atoms with van der Waals surface area (Å²) in [4.78, 5) is 22.3. The minimum atomic E-state index is -0.153. The lowest BCUT2D eigenvalue weighted by atomic mass is 10.1. The molecule has 152 valence electrons. The number of carbonyl (C=O) groups is 1. The number of ether oxygens (including phenoxy) is 1. The van der Waals surface area contributed by atoms with Crippen LogP contribution in [0.15, 0.2) is 65.8 Å². The van der Waals surface area contributed by atoms with Crippen LogP contribution in [-0.4, -0.2) is 31.8 Å². The van der Waals surface area contributed by atoms with Gasteiger partial charge in [-0.25, -0.2) is 9.97 Å². The summed E-state index contributed by atoms with van der Waals surface area (Å²) >= 11 is 2.71. The molecule has 4 rings (SSSR count). The molecule has 9 heteroatoms. The number of benzene rings is 2. The molecule has 0 atom stereocenters. The van der Waals surface area contributed by atoms with Crippen molar-refractivity contribution in [3.63, 3.8) is 0 Å². The number of rotatable bonds is 8. The fourth-order valence-electron chi connectivity index (χ4n) is 2.67. The molecule has 0 saturated carbocycles. The molecule has 0 saturated heterocycles. The summed E-state index contributed by atoms with van der Waals surface area (Å²) in [5.41, 5.74) is 1.92. The largest absolute Gasteiger partial charge is 0.486 e. The molecule has 2 N–H and O–H groups in total. The van der Waals surface area contributed by atoms with Gasteiger partial charge < -0.3 is 10.1 Å². The number of amides is 1. The molecule has 2 aromatic heterocycles. The maximum Gasteiger partial charge on any atom is 0.236 e. The van der Waals surface area contributed by atoms with Gasteiger partial charge in [-0.1, -0.05) is 60.3 Å². The SMILES string of the molecule is Cc1sc(NC(=O)CSc2n[nH]c(COc3ccccc3)n2)nc1-c1ccccc1. The maximum atomic E-state index is 12.3. The van der Waals surface area contributed by atoms with Crippen molar-refractivity contribution in [1.82, 2.24) is 20.2 Å². The number of carbonyl (C=O) groups excluding carboxylic acids is 1. The number of anilines is 1. The van der Waals surface area contributed by atoms with Crippen molar-refractivity contribution in [2.45, 2.75) is 18.7 Å². The van der Waals surface area contributed by atoms with E-state index < -0.39 is 0 Å². The first-order valence-corrected chi connectivity index (χ1v) is 11.0. The Balaban J connectivity index is 1.28. The fraction of sp³-hybridized carbons (Fsp3) is 0.143. The summed E-state index contributed by atoms with van der Waals surface area (Å²) in [5, 5.41) is 10.9. The average Bonchev–Trinajstić information content (AvgIpc) is 3.38. The third-order valence-corrected chi connectivity index (χ3v) is 5.79. The van der Waals surface area contributed by atoms with Gasteiger partial charge in [-0.3, -0.25) is 9.89 Å². The molecule has 2 heterocycles. The van der Waals surface area contributed by atoms with Crippen LogP contribution < -0.4 is 10.1 Å². The lowest BCUT2D eigenvalue weighted by Crippen LogP contribution is -2.13. The van der Waals surface area contributed by atoms with Crippen molar-refractivity contribution < 1.29 is 9.53 Å². The van der Waals surface area contributed by atoms with Gasteiger partial charge in [0.1, 0.15) is 12.4 Å². The summed E-state index contributed by atoms with van der Waals surface area (Å²) in [7, 11) is 0. The Morgan fingerprint density at radius 3 is 2.60 bits per heavy atom. The third kappa shape index (κ3) is 5.25. The molecule has 0 aliphatic heterocycles. The zero-order valence-corrected chi connectivity index (χ0v) is 17.8. The van der Waals surface area contributed by atoms with E-state index in [0.717, 1.165) is 21.9 Å². The van der Waals surface area contributed by atoms with Gasteiger partial charge in [-0.15, -0.1) is 16.4 Å². The summed E-state index contributed by atoms with van der Waals surface area (Å²) in [5.74, 6) is 1.40. The Kier molecular flexibility index (Phi) is 6.41. The van der Waals surface area contributed by atoms with Gasteiger partial charge in [0, 0.05) is 10.4 Å². The van der Waals surface area contributed by atoms with Crippen LogP contribution in [0.25, 0.3) is 11.3 Å². The number of nitrogens with one attached hydrogen (secondary N) is 2. The first-order chi connectivity index (χ1) is 14.7. The van der Waals surface area contributed by atoms with Gasteiger partial charge >= 0.3 is 0 Å². The number of aromatic amines is 1. The Bertz CT molecular complexity index is 1110. The summed E-state index contributed by atoms with van der Waals surface area (Å²) in [6, 6.07) is 19.4. The van der Waals surface area contributed by atoms with E-state index in [0.29, 0.717) is 16.1 Å². The molecule has 0 unspecified atom stereocenters. The second-order valence-corrected chi connectivity index (χ2v) is 8.44. The second kappa shape index (κ2) is 9.55. The van der Waals surface area contributed by atoms with Crippen molar-refractivity contribution in [1.29, 1.82) is 0 Å². The van der Waals surface area contributed by atoms with Gasteiger partial charge in [0.15, 0.2) is 11.0 Å². The van der Waals surface area contributed by atoms with Crippen LogP contribution in [0.4, 0.5) is 5.13 Å². The van der Waals surface area contributed by atoms with E-state index in [2.05, 4.69) is 25.5 Å². The maximum absolute atomic E-state index is 12.3. The van der Waals surface area contributed by atoms with Crippen molar-refractivity contribution in [3.8, 4) is 17.0 Å². The quantitative estimate of drug-likeness (QED) is 0.393. The molecule has 2 aromatic carbocycles. The molecule has 0 fully saturated rings. The lowest BCUT2D eigenvalue weighted by Gasteiger charge is -2.02. The van der Waals surface area contributed by atoms with E-state index in [-0.39, 0.29) is 18.3 Å². The highest BCUT2D eigenvalue weighted by Crippen LogP contribution is 2.30. The number of aryl methyl sites for hydroxylation is 1. The van der Waals surface area contributed by atoms with Crippen LogP contribution in [0.2, 0.25) is 0 Å². The highest BCUT2D eigenvalue weighted by molar-refractivity contribution is 7.99. The molecular formula is C21H19N5O2S2. The minimum absolute atomic E-state index is 0.153. The monoisotopic (exact) mass is 437 g/mol. The standard InChI is InChI=1S/C21H19N5O2S2/c1-14-19(15-8-4-2-5-9-15)24-20(30-14)23-18(27)13-29-21-22-17(25-26-21)12-28-16-10-6-3-7-11-16/h2-11H,12-13H2,1H3,(H,22,25,26)(H,23,24,27). The van der Waals surface area contributed by atoms with Crippen molar-refractivity contribution >= 4 is 34.1 Å². The fourth-order valence-corrected chi connectivity index (χ4v) is 4.14. The molecular weight excluding hydrogens is 418 g/mol. The molecule has 1 amide bonds. The number of hydrogen-bond donors (Lipinski definition) is 2. The van der Waals surface area contributed by atoms with Crippen LogP contribution in [0.3, 0.4) is 0 Å². The highest BCUT2D eigenvalue weighted by atomic mass is 32.2. The highest BCUT2D eigenvalue weighted by Gasteiger charge is 2.13. The number of H-pyrrole nitrogens is 1. The van der Waals surface area contributed by atoms with Crippen LogP contribution in [-0.2, 0) is 11.4 Å². The normalized spacial score (nSPS) is 10.7. The van der Waals surface area contributed by atoms with Crippen LogP contribution in [0, 0.1) is 6.92 Å². The smallest absolute Gasteiger partial charge is 0.236 e. The predicted molar refractivity (Wildman–Crippen MR) is 119 cm³/mol. The third-order valence-electron chi connectivity index (χ3n) is 4.05. The Hall–Kier alpha value is -3.17. The number of nitrogens with zero attached hydrogens (tertiary/aromatic N) is 3. The summed E-state index contributed by atoms with van der Waals surface area (Å²) in [6.45, 7) is 2.28. The van der Waals surface area contributed by atoms with E-state index in [4.69, 9.17) is 4.74 Å². The van der Waals surface area contributed by atoms with Gasteiger partial charge in [-0.05, 0) is 19.1 Å². The Labute approximate surface area is 181 Å². The number of para-hydroxylation sites is 1. The van der Waals surface area contributed by atoms with Crippen LogP contribution in [0.5, 0.6) is 5.75 Å². The van der Waals surface area contributed by atoms with Crippen molar-refractivity contribution in [3.05, 3.63) is 71.4 Å². The molecule has 0 radical (unpaired) electrons. The van der Waals surface area contributed by atoms with Crippen molar-refractivity contribution in [2.24, 2.45) is 0 Å². The van der Waals surface area contributed by atoms with E-state index in [1.54, 1.807) is 0 Å². The van der Waals surface area contributed by atoms with Gasteiger partial charge in [0.2, 0.25) is 11.1 Å². The Morgan fingerprint density at radius 1 is 1.10 bits per heavy atom. The van der Waals surface area contributed by atoms with Gasteiger partial charge in [0.25, 0.3) is 0 Å². The minimum Gasteiger partial charge on any atom is -0.486 e. The summed E-state index contributed by atoms with van der Waals surface area (Å²) in [6.07, 6.45) is 0. The number of aromatic nitrogens is 4. The van der Waals surface area contributed by atoms with Crippen LogP contribution in [0.1, 0.15) is 10.7 Å². The number of thiazole rings is 1. The van der Waals surface area contributed by atoms with Gasteiger partial charge in [0.05, 0.1) is 11.4 Å². The van der Waals surface area contributed by atoms with Crippen molar-refractivity contribution in [2.75, 3.05) is 11.1 Å². The predicted octanol–water partition coefficient (Wildman–Crippen LogP) is 4.55. The van der Waals surface area contributed by atoms with E-state index in [1.807, 2.05) is 67.6 Å². The van der Waals surface area contributed by atoms with Crippen LogP contribution >= 0.6 is 23.1 Å². The molecule has 4 aromatic rings. The Morgan fingerprint density at radius 2 is 1.83 bits per heavy atom. The van der Waals surface area contributed by atoms with E-state index in [1.165, 1.54) is 23.1 Å². The topological polar surface area (TPSA) is 92.8 Å². The lowest BCUT2D eigenvalue weighted by molar-refractivity contribution is -0.113. The molecule has 7 nitrogen and oxygen atoms in total. The molecule has 0 aliphatic rings. The van der Waals surface area contributed by atoms with E-state index >= 15 is 0 Å². The first-order valence-electron chi connectivity index (χ1n) is 9.22. The zero-order chi connectivity index (χ0) is 20.8. The molecule has 0 spiro atoms. The average molecular weight is 438 g/mol. The molecule has 0 aliphatic carbocycles. The van der Waals surface area contributed by atoms with Gasteiger partial charge in [-0.2, -0.15) is 0 Å². The number of thioether (sulfide) groups is 1. The molecule has 0 bridgehead atoms. The zero-order valence-electron chi connectivity index (χ0n) is 16.2. The molecule has 30 heavy (non-hydrogen) atoms. The first kappa shape index (κ1) is 20.1.